The van der Waals surface area contributed by atoms with Crippen molar-refractivity contribution in [1.82, 2.24) is 0 Å². The fourth-order valence-electron chi connectivity index (χ4n) is 2.57. The summed E-state index contributed by atoms with van der Waals surface area (Å²) in [5.41, 5.74) is 1.52. The van der Waals surface area contributed by atoms with Gasteiger partial charge in [0.05, 0.1) is 19.9 Å². The number of methoxy groups -OCH3 is 2. The maximum absolute atomic E-state index is 13.1. The molecule has 0 aliphatic rings. The van der Waals surface area contributed by atoms with Crippen molar-refractivity contribution in [2.75, 3.05) is 19.5 Å². The predicted molar refractivity (Wildman–Crippen MR) is 92.2 cm³/mol. The molecule has 24 heavy (non-hydrogen) atoms. The molecule has 0 bridgehead atoms. The quantitative estimate of drug-likeness (QED) is 0.820. The standard InChI is InChI=1S/C19H22FNO3/c1-4-13(14-5-7-15(20)8-6-14)11-19(22)21-17-12-16(23-2)9-10-18(17)24-3/h5-10,12-13H,4,11H2,1-3H3,(H,21,22). The SMILES string of the molecule is CCC(CC(=O)Nc1cc(OC)ccc1OC)c1ccc(F)cc1. The molecule has 128 valence electrons. The van der Waals surface area contributed by atoms with Crippen LogP contribution in [0.4, 0.5) is 10.1 Å². The Balaban J connectivity index is 2.10. The maximum Gasteiger partial charge on any atom is 0.225 e. The molecule has 5 heteroatoms. The number of carbonyl (C=O) groups is 1. The molecule has 2 aromatic rings. The summed E-state index contributed by atoms with van der Waals surface area (Å²) in [6.07, 6.45) is 1.09. The largest absolute Gasteiger partial charge is 0.497 e. The molecule has 0 aromatic heterocycles. The number of amides is 1. The van der Waals surface area contributed by atoms with Crippen molar-refractivity contribution in [3.8, 4) is 11.5 Å². The molecule has 0 heterocycles. The highest BCUT2D eigenvalue weighted by atomic mass is 19.1. The van der Waals surface area contributed by atoms with Gasteiger partial charge >= 0.3 is 0 Å². The minimum Gasteiger partial charge on any atom is -0.497 e. The van der Waals surface area contributed by atoms with E-state index < -0.39 is 0 Å². The number of ether oxygens (including phenoxy) is 2. The molecule has 0 saturated heterocycles. The number of nitrogens with one attached hydrogen (secondary N) is 1. The lowest BCUT2D eigenvalue weighted by Crippen LogP contribution is -2.16. The van der Waals surface area contributed by atoms with Crippen LogP contribution in [0.15, 0.2) is 42.5 Å². The summed E-state index contributed by atoms with van der Waals surface area (Å²) in [4.78, 5) is 12.4. The topological polar surface area (TPSA) is 47.6 Å². The first-order valence-corrected chi connectivity index (χ1v) is 7.84. The molecule has 1 amide bonds. The Morgan fingerprint density at radius 3 is 2.42 bits per heavy atom. The first-order chi connectivity index (χ1) is 11.6. The predicted octanol–water partition coefficient (Wildman–Crippen LogP) is 4.37. The number of anilines is 1. The summed E-state index contributed by atoms with van der Waals surface area (Å²) in [6.45, 7) is 2.01. The van der Waals surface area contributed by atoms with Gasteiger partial charge in [0.1, 0.15) is 17.3 Å². The lowest BCUT2D eigenvalue weighted by molar-refractivity contribution is -0.116. The average molecular weight is 331 g/mol. The van der Waals surface area contributed by atoms with Crippen molar-refractivity contribution >= 4 is 11.6 Å². The Morgan fingerprint density at radius 2 is 1.83 bits per heavy atom. The fraction of sp³-hybridized carbons (Fsp3) is 0.316. The molecule has 0 saturated carbocycles. The highest BCUT2D eigenvalue weighted by molar-refractivity contribution is 5.93. The molecule has 0 spiro atoms. The second kappa shape index (κ2) is 8.34. The van der Waals surface area contributed by atoms with Crippen LogP contribution < -0.4 is 14.8 Å². The normalized spacial score (nSPS) is 11.7. The van der Waals surface area contributed by atoms with Crippen LogP contribution in [0.3, 0.4) is 0 Å². The molecule has 1 N–H and O–H groups in total. The zero-order valence-electron chi connectivity index (χ0n) is 14.1. The van der Waals surface area contributed by atoms with E-state index in [0.717, 1.165) is 12.0 Å². The Morgan fingerprint density at radius 1 is 1.12 bits per heavy atom. The highest BCUT2D eigenvalue weighted by Crippen LogP contribution is 2.30. The van der Waals surface area contributed by atoms with Crippen LogP contribution in [0.1, 0.15) is 31.2 Å². The molecule has 2 aromatic carbocycles. The van der Waals surface area contributed by atoms with Crippen molar-refractivity contribution in [2.45, 2.75) is 25.7 Å². The smallest absolute Gasteiger partial charge is 0.225 e. The van der Waals surface area contributed by atoms with E-state index in [0.29, 0.717) is 23.6 Å². The van der Waals surface area contributed by atoms with E-state index in [1.165, 1.54) is 12.1 Å². The number of hydrogen-bond acceptors (Lipinski definition) is 3. The van der Waals surface area contributed by atoms with Gasteiger partial charge in [-0.1, -0.05) is 19.1 Å². The molecule has 0 aliphatic heterocycles. The molecule has 0 aliphatic carbocycles. The van der Waals surface area contributed by atoms with Gasteiger partial charge in [0, 0.05) is 12.5 Å². The maximum atomic E-state index is 13.1. The second-order valence-electron chi connectivity index (χ2n) is 5.48. The molecule has 0 fully saturated rings. The van der Waals surface area contributed by atoms with Crippen LogP contribution in [0, 0.1) is 5.82 Å². The zero-order chi connectivity index (χ0) is 17.5. The van der Waals surface area contributed by atoms with Gasteiger partial charge in [-0.05, 0) is 42.2 Å². The van der Waals surface area contributed by atoms with Gasteiger partial charge in [-0.2, -0.15) is 0 Å². The number of rotatable bonds is 7. The molecule has 4 nitrogen and oxygen atoms in total. The van der Waals surface area contributed by atoms with Gasteiger partial charge < -0.3 is 14.8 Å². The summed E-state index contributed by atoms with van der Waals surface area (Å²) in [7, 11) is 3.11. The van der Waals surface area contributed by atoms with Crippen molar-refractivity contribution in [3.63, 3.8) is 0 Å². The van der Waals surface area contributed by atoms with Crippen LogP contribution in [-0.2, 0) is 4.79 Å². The fourth-order valence-corrected chi connectivity index (χ4v) is 2.57. The Hall–Kier alpha value is -2.56. The van der Waals surface area contributed by atoms with E-state index in [4.69, 9.17) is 9.47 Å². The minimum absolute atomic E-state index is 0.0298. The van der Waals surface area contributed by atoms with Crippen LogP contribution in [0.5, 0.6) is 11.5 Å². The summed E-state index contributed by atoms with van der Waals surface area (Å²) in [5.74, 6) is 0.828. The van der Waals surface area contributed by atoms with Crippen molar-refractivity contribution in [1.29, 1.82) is 0 Å². The van der Waals surface area contributed by atoms with Gasteiger partial charge in [-0.25, -0.2) is 4.39 Å². The van der Waals surface area contributed by atoms with E-state index in [9.17, 15) is 9.18 Å². The van der Waals surface area contributed by atoms with E-state index in [1.807, 2.05) is 6.92 Å². The zero-order valence-corrected chi connectivity index (χ0v) is 14.1. The molecular formula is C19H22FNO3. The van der Waals surface area contributed by atoms with Crippen molar-refractivity contribution in [3.05, 3.63) is 53.8 Å². The van der Waals surface area contributed by atoms with Crippen molar-refractivity contribution in [2.24, 2.45) is 0 Å². The minimum atomic E-state index is -0.279. The number of carbonyl (C=O) groups excluding carboxylic acids is 1. The van der Waals surface area contributed by atoms with E-state index in [-0.39, 0.29) is 17.6 Å². The third kappa shape index (κ3) is 4.47. The van der Waals surface area contributed by atoms with Gasteiger partial charge in [0.2, 0.25) is 5.91 Å². The van der Waals surface area contributed by atoms with Crippen LogP contribution in [0.2, 0.25) is 0 Å². The third-order valence-corrected chi connectivity index (χ3v) is 3.95. The van der Waals surface area contributed by atoms with E-state index in [2.05, 4.69) is 5.32 Å². The van der Waals surface area contributed by atoms with Crippen LogP contribution >= 0.6 is 0 Å². The van der Waals surface area contributed by atoms with Gasteiger partial charge in [0.25, 0.3) is 0 Å². The number of benzene rings is 2. The molecular weight excluding hydrogens is 309 g/mol. The van der Waals surface area contributed by atoms with Gasteiger partial charge in [-0.3, -0.25) is 4.79 Å². The molecule has 0 radical (unpaired) electrons. The molecule has 2 rings (SSSR count). The second-order valence-corrected chi connectivity index (χ2v) is 5.48. The number of halogens is 1. The Kier molecular flexibility index (Phi) is 6.18. The van der Waals surface area contributed by atoms with E-state index >= 15 is 0 Å². The summed E-state index contributed by atoms with van der Waals surface area (Å²) in [5, 5.41) is 2.86. The van der Waals surface area contributed by atoms with Gasteiger partial charge in [-0.15, -0.1) is 0 Å². The number of hydrogen-bond donors (Lipinski definition) is 1. The van der Waals surface area contributed by atoms with Gasteiger partial charge in [0.15, 0.2) is 0 Å². The summed E-state index contributed by atoms with van der Waals surface area (Å²) < 4.78 is 23.5. The Bertz CT molecular complexity index is 686. The molecule has 1 unspecified atom stereocenters. The first kappa shape index (κ1) is 17.8. The Labute approximate surface area is 141 Å². The first-order valence-electron chi connectivity index (χ1n) is 7.84. The van der Waals surface area contributed by atoms with Crippen LogP contribution in [-0.4, -0.2) is 20.1 Å². The lowest BCUT2D eigenvalue weighted by Gasteiger charge is -2.16. The van der Waals surface area contributed by atoms with Crippen LogP contribution in [0.25, 0.3) is 0 Å². The summed E-state index contributed by atoms with van der Waals surface area (Å²) >= 11 is 0. The lowest BCUT2D eigenvalue weighted by atomic mass is 9.93. The van der Waals surface area contributed by atoms with Crippen molar-refractivity contribution < 1.29 is 18.7 Å². The monoisotopic (exact) mass is 331 g/mol. The average Bonchev–Trinajstić information content (AvgIpc) is 2.60. The third-order valence-electron chi connectivity index (χ3n) is 3.95. The summed E-state index contributed by atoms with van der Waals surface area (Å²) in [6, 6.07) is 11.5. The molecule has 1 atom stereocenters. The van der Waals surface area contributed by atoms with E-state index in [1.54, 1.807) is 44.6 Å². The highest BCUT2D eigenvalue weighted by Gasteiger charge is 2.16.